The van der Waals surface area contributed by atoms with Crippen molar-refractivity contribution in [3.8, 4) is 0 Å². The van der Waals surface area contributed by atoms with Crippen molar-refractivity contribution in [3.05, 3.63) is 112 Å². The molecule has 0 spiro atoms. The lowest BCUT2D eigenvalue weighted by Gasteiger charge is -2.31. The molecule has 0 aromatic heterocycles. The highest BCUT2D eigenvalue weighted by Gasteiger charge is 2.61. The molecular formula is C25H18Cl2F2. The Hall–Kier alpha value is -2.16. The Kier molecular flexibility index (Phi) is 4.34. The zero-order chi connectivity index (χ0) is 20.2. The number of fused-ring (bicyclic) bond motifs is 6. The molecule has 0 nitrogen and oxygen atoms in total. The fourth-order valence-corrected chi connectivity index (χ4v) is 5.78. The highest BCUT2D eigenvalue weighted by atomic mass is 35.5. The van der Waals surface area contributed by atoms with Gasteiger partial charge in [0.2, 0.25) is 0 Å². The Labute approximate surface area is 178 Å². The van der Waals surface area contributed by atoms with Gasteiger partial charge in [-0.05, 0) is 64.8 Å². The van der Waals surface area contributed by atoms with Crippen LogP contribution in [0.2, 0.25) is 0 Å². The largest absolute Gasteiger partial charge is 0.204 e. The number of hydrogen-bond donors (Lipinski definition) is 0. The molecule has 0 amide bonds. The summed E-state index contributed by atoms with van der Waals surface area (Å²) in [5.74, 6) is -1.73. The van der Waals surface area contributed by atoms with E-state index in [0.29, 0.717) is 24.0 Å². The molecule has 2 unspecified atom stereocenters. The van der Waals surface area contributed by atoms with Gasteiger partial charge >= 0.3 is 0 Å². The number of halogens is 4. The average molecular weight is 427 g/mol. The van der Waals surface area contributed by atoms with Gasteiger partial charge in [-0.15, -0.1) is 23.2 Å². The third-order valence-electron chi connectivity index (χ3n) is 6.15. The molecule has 3 aliphatic rings. The standard InChI is InChI=1S/C16H10Cl2F2.C9H8/c17-15-7-9-3-1-2-4-11(9)16(15,18)12-6-14(20)13(19)5-10(12)8-15;1-2-5-9-7-3-6-8(9)4-1/h1-6H,7-8H2;1-6H,7H2. The van der Waals surface area contributed by atoms with E-state index in [1.54, 1.807) is 0 Å². The van der Waals surface area contributed by atoms with Crippen molar-refractivity contribution in [2.45, 2.75) is 29.0 Å². The molecule has 0 heterocycles. The molecule has 3 aliphatic carbocycles. The zero-order valence-corrected chi connectivity index (χ0v) is 17.1. The van der Waals surface area contributed by atoms with Gasteiger partial charge in [-0.25, -0.2) is 8.78 Å². The average Bonchev–Trinajstić information content (AvgIpc) is 3.32. The van der Waals surface area contributed by atoms with Crippen molar-refractivity contribution in [1.29, 1.82) is 0 Å². The SMILES string of the molecule is C1=Cc2ccccc2C1.Fc1cc2c(cc1F)C1(Cl)c3ccccc3CC1(Cl)C2. The second-order valence-corrected chi connectivity index (χ2v) is 9.15. The minimum absolute atomic E-state index is 0.444. The molecule has 146 valence electrons. The van der Waals surface area contributed by atoms with Gasteiger partial charge in [0.1, 0.15) is 4.87 Å². The molecule has 2 atom stereocenters. The van der Waals surface area contributed by atoms with Crippen molar-refractivity contribution in [2.24, 2.45) is 0 Å². The Morgan fingerprint density at radius 3 is 2.17 bits per heavy atom. The summed E-state index contributed by atoms with van der Waals surface area (Å²) in [5, 5.41) is 0. The Morgan fingerprint density at radius 2 is 1.38 bits per heavy atom. The first-order chi connectivity index (χ1) is 13.9. The summed E-state index contributed by atoms with van der Waals surface area (Å²) in [6, 6.07) is 18.7. The molecule has 29 heavy (non-hydrogen) atoms. The van der Waals surface area contributed by atoms with E-state index < -0.39 is 21.4 Å². The second-order valence-electron chi connectivity index (χ2n) is 7.86. The van der Waals surface area contributed by atoms with Gasteiger partial charge in [-0.2, -0.15) is 0 Å². The molecule has 0 bridgehead atoms. The lowest BCUT2D eigenvalue weighted by molar-refractivity contribution is 0.505. The van der Waals surface area contributed by atoms with E-state index in [1.165, 1.54) is 23.3 Å². The predicted molar refractivity (Wildman–Crippen MR) is 115 cm³/mol. The fourth-order valence-electron chi connectivity index (χ4n) is 4.80. The third-order valence-corrected chi connectivity index (χ3v) is 7.57. The lowest BCUT2D eigenvalue weighted by atomic mass is 9.90. The van der Waals surface area contributed by atoms with E-state index in [9.17, 15) is 8.78 Å². The topological polar surface area (TPSA) is 0 Å². The van der Waals surface area contributed by atoms with Gasteiger partial charge in [0.15, 0.2) is 11.6 Å². The van der Waals surface area contributed by atoms with Gasteiger partial charge in [-0.3, -0.25) is 0 Å². The van der Waals surface area contributed by atoms with Crippen LogP contribution in [-0.4, -0.2) is 4.87 Å². The maximum Gasteiger partial charge on any atom is 0.159 e. The zero-order valence-electron chi connectivity index (χ0n) is 15.6. The predicted octanol–water partition coefficient (Wildman–Crippen LogP) is 6.79. The van der Waals surface area contributed by atoms with E-state index in [1.807, 2.05) is 24.3 Å². The van der Waals surface area contributed by atoms with E-state index in [4.69, 9.17) is 23.2 Å². The molecule has 3 aromatic carbocycles. The number of hydrogen-bond acceptors (Lipinski definition) is 0. The third kappa shape index (κ3) is 2.77. The minimum atomic E-state index is -0.977. The smallest absolute Gasteiger partial charge is 0.159 e. The Morgan fingerprint density at radius 1 is 0.724 bits per heavy atom. The second kappa shape index (κ2) is 6.68. The molecule has 6 rings (SSSR count). The molecule has 3 aromatic rings. The van der Waals surface area contributed by atoms with Crippen LogP contribution < -0.4 is 0 Å². The quantitative estimate of drug-likeness (QED) is 0.347. The van der Waals surface area contributed by atoms with Crippen LogP contribution in [0.15, 0.2) is 66.7 Å². The Balaban J connectivity index is 0.000000168. The molecule has 0 N–H and O–H groups in total. The van der Waals surface area contributed by atoms with Crippen LogP contribution in [0.4, 0.5) is 8.78 Å². The van der Waals surface area contributed by atoms with Gasteiger partial charge in [-0.1, -0.05) is 60.7 Å². The van der Waals surface area contributed by atoms with Crippen molar-refractivity contribution in [1.82, 2.24) is 0 Å². The van der Waals surface area contributed by atoms with E-state index in [0.717, 1.165) is 17.5 Å². The van der Waals surface area contributed by atoms with Gasteiger partial charge in [0, 0.05) is 0 Å². The molecule has 0 saturated carbocycles. The van der Waals surface area contributed by atoms with Gasteiger partial charge in [0.05, 0.1) is 4.87 Å². The van der Waals surface area contributed by atoms with Crippen LogP contribution in [0.25, 0.3) is 6.08 Å². The van der Waals surface area contributed by atoms with Crippen molar-refractivity contribution >= 4 is 29.3 Å². The van der Waals surface area contributed by atoms with Crippen molar-refractivity contribution < 1.29 is 8.78 Å². The summed E-state index contributed by atoms with van der Waals surface area (Å²) < 4.78 is 27.1. The normalized spacial score (nSPS) is 25.0. The summed E-state index contributed by atoms with van der Waals surface area (Å²) in [6.45, 7) is 0. The molecular weight excluding hydrogens is 409 g/mol. The summed E-state index contributed by atoms with van der Waals surface area (Å²) in [4.78, 5) is -1.73. The highest BCUT2D eigenvalue weighted by molar-refractivity contribution is 6.38. The van der Waals surface area contributed by atoms with Crippen LogP contribution in [0, 0.1) is 11.6 Å². The van der Waals surface area contributed by atoms with Crippen LogP contribution in [-0.2, 0) is 24.1 Å². The fraction of sp³-hybridized carbons (Fsp3) is 0.200. The minimum Gasteiger partial charge on any atom is -0.204 e. The van der Waals surface area contributed by atoms with E-state index >= 15 is 0 Å². The molecule has 0 aliphatic heterocycles. The maximum atomic E-state index is 13.6. The summed E-state index contributed by atoms with van der Waals surface area (Å²) in [5.41, 5.74) is 6.12. The molecule has 0 radical (unpaired) electrons. The first-order valence-corrected chi connectivity index (χ1v) is 10.4. The lowest BCUT2D eigenvalue weighted by Crippen LogP contribution is -2.37. The van der Waals surface area contributed by atoms with Crippen LogP contribution in [0.5, 0.6) is 0 Å². The van der Waals surface area contributed by atoms with Gasteiger partial charge in [0.25, 0.3) is 0 Å². The van der Waals surface area contributed by atoms with Crippen molar-refractivity contribution in [2.75, 3.05) is 0 Å². The van der Waals surface area contributed by atoms with Crippen LogP contribution in [0.3, 0.4) is 0 Å². The van der Waals surface area contributed by atoms with Gasteiger partial charge < -0.3 is 0 Å². The number of allylic oxidation sites excluding steroid dienone is 1. The summed E-state index contributed by atoms with van der Waals surface area (Å²) in [7, 11) is 0. The highest BCUT2D eigenvalue weighted by Crippen LogP contribution is 2.62. The van der Waals surface area contributed by atoms with Crippen LogP contribution >= 0.6 is 23.2 Å². The summed E-state index contributed by atoms with van der Waals surface area (Å²) in [6.07, 6.45) is 6.54. The monoisotopic (exact) mass is 426 g/mol. The first-order valence-electron chi connectivity index (χ1n) is 9.61. The molecule has 0 saturated heterocycles. The molecule has 4 heteroatoms. The number of rotatable bonds is 0. The number of benzene rings is 3. The van der Waals surface area contributed by atoms with E-state index in [2.05, 4.69) is 36.4 Å². The summed E-state index contributed by atoms with van der Waals surface area (Å²) >= 11 is 13.6. The Bertz CT molecular complexity index is 1150. The number of alkyl halides is 2. The first kappa shape index (κ1) is 18.8. The van der Waals surface area contributed by atoms with Crippen LogP contribution in [0.1, 0.15) is 33.4 Å². The maximum absolute atomic E-state index is 13.6. The van der Waals surface area contributed by atoms with Crippen molar-refractivity contribution in [3.63, 3.8) is 0 Å². The van der Waals surface area contributed by atoms with E-state index in [-0.39, 0.29) is 0 Å². The molecule has 0 fully saturated rings.